The van der Waals surface area contributed by atoms with Gasteiger partial charge in [0.1, 0.15) is 0 Å². The summed E-state index contributed by atoms with van der Waals surface area (Å²) in [6.45, 7) is 0.787. The molecule has 3 rings (SSSR count). The molecule has 2 aromatic carbocycles. The van der Waals surface area contributed by atoms with Crippen molar-refractivity contribution in [3.63, 3.8) is 0 Å². The summed E-state index contributed by atoms with van der Waals surface area (Å²) in [6.07, 6.45) is 7.59. The number of hydrogen-bond acceptors (Lipinski definition) is 1. The predicted octanol–water partition coefficient (Wildman–Crippen LogP) is 3.77. The Morgan fingerprint density at radius 2 is 2.00 bits per heavy atom. The number of terminal acetylenes is 1. The first-order valence-electron chi connectivity index (χ1n) is 6.61. The molecule has 0 amide bonds. The van der Waals surface area contributed by atoms with Crippen molar-refractivity contribution in [2.45, 2.75) is 6.54 Å². The Balaban J connectivity index is 1.85. The number of benzene rings is 2. The maximum atomic E-state index is 5.42. The van der Waals surface area contributed by atoms with E-state index >= 15 is 0 Å². The lowest BCUT2D eigenvalue weighted by Crippen LogP contribution is -1.98. The van der Waals surface area contributed by atoms with E-state index in [9.17, 15) is 0 Å². The van der Waals surface area contributed by atoms with Crippen molar-refractivity contribution in [3.05, 3.63) is 65.9 Å². The normalized spacial score (nSPS) is 10.4. The molecule has 1 N–H and O–H groups in total. The number of aryl methyl sites for hydroxylation is 1. The lowest BCUT2D eigenvalue weighted by Gasteiger charge is -2.06. The maximum absolute atomic E-state index is 5.42. The van der Waals surface area contributed by atoms with Gasteiger partial charge >= 0.3 is 0 Å². The van der Waals surface area contributed by atoms with Crippen LogP contribution in [-0.4, -0.2) is 4.57 Å². The number of nitrogens with zero attached hydrogens (tertiary/aromatic N) is 1. The third-order valence-corrected chi connectivity index (χ3v) is 3.49. The van der Waals surface area contributed by atoms with Crippen molar-refractivity contribution in [1.82, 2.24) is 4.57 Å². The third kappa shape index (κ3) is 2.26. The number of para-hydroxylation sites is 1. The zero-order chi connectivity index (χ0) is 13.9. The van der Waals surface area contributed by atoms with Crippen molar-refractivity contribution in [2.24, 2.45) is 7.05 Å². The Morgan fingerprint density at radius 3 is 2.85 bits per heavy atom. The molecule has 0 saturated carbocycles. The number of anilines is 1. The molecule has 0 atom stereocenters. The molecule has 0 fully saturated rings. The topological polar surface area (TPSA) is 17.0 Å². The summed E-state index contributed by atoms with van der Waals surface area (Å²) in [7, 11) is 2.07. The van der Waals surface area contributed by atoms with Crippen LogP contribution in [0.1, 0.15) is 11.1 Å². The summed E-state index contributed by atoms with van der Waals surface area (Å²) in [5.41, 5.74) is 4.48. The molecule has 0 bridgehead atoms. The van der Waals surface area contributed by atoms with Gasteiger partial charge in [-0.1, -0.05) is 30.2 Å². The van der Waals surface area contributed by atoms with Gasteiger partial charge < -0.3 is 9.88 Å². The third-order valence-electron chi connectivity index (χ3n) is 3.49. The monoisotopic (exact) mass is 260 g/mol. The molecule has 0 radical (unpaired) electrons. The minimum Gasteiger partial charge on any atom is -0.381 e. The molecule has 2 heteroatoms. The molecule has 98 valence electrons. The standard InChI is InChI=1S/C18H16N2/c1-3-14-7-6-8-16(11-14)19-12-15-13-20(2)18-10-5-4-9-17(15)18/h1,4-11,13,19H,12H2,2H3. The van der Waals surface area contributed by atoms with E-state index in [1.54, 1.807) is 0 Å². The lowest BCUT2D eigenvalue weighted by molar-refractivity contribution is 0.956. The van der Waals surface area contributed by atoms with Gasteiger partial charge in [-0.3, -0.25) is 0 Å². The molecule has 3 aromatic rings. The Bertz CT molecular complexity index is 791. The Hall–Kier alpha value is -2.66. The second-order valence-corrected chi connectivity index (χ2v) is 4.86. The molecular weight excluding hydrogens is 244 g/mol. The van der Waals surface area contributed by atoms with E-state index in [1.807, 2.05) is 24.3 Å². The van der Waals surface area contributed by atoms with Crippen LogP contribution in [0.25, 0.3) is 10.9 Å². The highest BCUT2D eigenvalue weighted by Gasteiger charge is 2.05. The molecule has 0 aliphatic carbocycles. The fourth-order valence-electron chi connectivity index (χ4n) is 2.48. The van der Waals surface area contributed by atoms with Gasteiger partial charge in [0, 0.05) is 41.9 Å². The van der Waals surface area contributed by atoms with Crippen LogP contribution in [0.5, 0.6) is 0 Å². The largest absolute Gasteiger partial charge is 0.381 e. The average Bonchev–Trinajstić information content (AvgIpc) is 2.82. The Morgan fingerprint density at radius 1 is 1.15 bits per heavy atom. The predicted molar refractivity (Wildman–Crippen MR) is 84.6 cm³/mol. The van der Waals surface area contributed by atoms with Crippen LogP contribution in [0.3, 0.4) is 0 Å². The highest BCUT2D eigenvalue weighted by molar-refractivity contribution is 5.84. The zero-order valence-electron chi connectivity index (χ0n) is 11.4. The van der Waals surface area contributed by atoms with Crippen LogP contribution in [0.15, 0.2) is 54.7 Å². The second-order valence-electron chi connectivity index (χ2n) is 4.86. The number of rotatable bonds is 3. The summed E-state index contributed by atoms with van der Waals surface area (Å²) in [6, 6.07) is 16.4. The molecule has 0 aliphatic heterocycles. The van der Waals surface area contributed by atoms with E-state index in [4.69, 9.17) is 6.42 Å². The van der Waals surface area contributed by atoms with Gasteiger partial charge in [-0.15, -0.1) is 6.42 Å². The molecule has 1 aromatic heterocycles. The van der Waals surface area contributed by atoms with E-state index in [2.05, 4.69) is 53.3 Å². The molecule has 1 heterocycles. The van der Waals surface area contributed by atoms with E-state index in [0.717, 1.165) is 17.8 Å². The quantitative estimate of drug-likeness (QED) is 0.709. The van der Waals surface area contributed by atoms with Crippen LogP contribution in [-0.2, 0) is 13.6 Å². The van der Waals surface area contributed by atoms with Gasteiger partial charge in [0.05, 0.1) is 0 Å². The van der Waals surface area contributed by atoms with Crippen LogP contribution in [0.2, 0.25) is 0 Å². The van der Waals surface area contributed by atoms with Crippen molar-refractivity contribution in [2.75, 3.05) is 5.32 Å². The van der Waals surface area contributed by atoms with Crippen LogP contribution < -0.4 is 5.32 Å². The molecule has 0 spiro atoms. The van der Waals surface area contributed by atoms with E-state index in [-0.39, 0.29) is 0 Å². The average molecular weight is 260 g/mol. The van der Waals surface area contributed by atoms with Crippen molar-refractivity contribution in [3.8, 4) is 12.3 Å². The van der Waals surface area contributed by atoms with E-state index < -0.39 is 0 Å². The van der Waals surface area contributed by atoms with E-state index in [1.165, 1.54) is 16.5 Å². The smallest absolute Gasteiger partial charge is 0.0481 e. The first-order valence-corrected chi connectivity index (χ1v) is 6.61. The van der Waals surface area contributed by atoms with Crippen molar-refractivity contribution >= 4 is 16.6 Å². The zero-order valence-corrected chi connectivity index (χ0v) is 11.4. The van der Waals surface area contributed by atoms with Crippen molar-refractivity contribution < 1.29 is 0 Å². The van der Waals surface area contributed by atoms with Gasteiger partial charge in [-0.25, -0.2) is 0 Å². The molecular formula is C18H16N2. The minimum absolute atomic E-state index is 0.787. The number of nitrogens with one attached hydrogen (secondary N) is 1. The van der Waals surface area contributed by atoms with Gasteiger partial charge in [0.15, 0.2) is 0 Å². The summed E-state index contributed by atoms with van der Waals surface area (Å²) in [5.74, 6) is 2.66. The fraction of sp³-hybridized carbons (Fsp3) is 0.111. The summed E-state index contributed by atoms with van der Waals surface area (Å²) in [5, 5.41) is 4.72. The van der Waals surface area contributed by atoms with Gasteiger partial charge in [-0.2, -0.15) is 0 Å². The summed E-state index contributed by atoms with van der Waals surface area (Å²) in [4.78, 5) is 0. The number of aromatic nitrogens is 1. The van der Waals surface area contributed by atoms with Crippen LogP contribution >= 0.6 is 0 Å². The molecule has 2 nitrogen and oxygen atoms in total. The number of hydrogen-bond donors (Lipinski definition) is 1. The SMILES string of the molecule is C#Cc1cccc(NCc2cn(C)c3ccccc23)c1. The van der Waals surface area contributed by atoms with Gasteiger partial charge in [-0.05, 0) is 29.8 Å². The first-order chi connectivity index (χ1) is 9.78. The van der Waals surface area contributed by atoms with Crippen LogP contribution in [0.4, 0.5) is 5.69 Å². The maximum Gasteiger partial charge on any atom is 0.0481 e. The van der Waals surface area contributed by atoms with Gasteiger partial charge in [0.2, 0.25) is 0 Å². The van der Waals surface area contributed by atoms with Crippen molar-refractivity contribution in [1.29, 1.82) is 0 Å². The fourth-order valence-corrected chi connectivity index (χ4v) is 2.48. The van der Waals surface area contributed by atoms with Crippen LogP contribution in [0, 0.1) is 12.3 Å². The minimum atomic E-state index is 0.787. The summed E-state index contributed by atoms with van der Waals surface area (Å²) >= 11 is 0. The summed E-state index contributed by atoms with van der Waals surface area (Å²) < 4.78 is 2.16. The molecule has 0 aliphatic rings. The lowest BCUT2D eigenvalue weighted by atomic mass is 10.1. The first kappa shape index (κ1) is 12.4. The molecule has 20 heavy (non-hydrogen) atoms. The molecule has 0 saturated heterocycles. The molecule has 0 unspecified atom stereocenters. The number of fused-ring (bicyclic) bond motifs is 1. The Labute approximate surface area is 119 Å². The highest BCUT2D eigenvalue weighted by atomic mass is 14.9. The van der Waals surface area contributed by atoms with Gasteiger partial charge in [0.25, 0.3) is 0 Å². The second kappa shape index (κ2) is 5.14. The highest BCUT2D eigenvalue weighted by Crippen LogP contribution is 2.21. The van der Waals surface area contributed by atoms with E-state index in [0.29, 0.717) is 0 Å². The Kier molecular flexibility index (Phi) is 3.18.